The van der Waals surface area contributed by atoms with Gasteiger partial charge in [0, 0.05) is 11.0 Å². The standard InChI is InChI=1S/C36H45BrN4O/c37-29-5-4-6-31-32(29)33(42)39-34-36(13-2-1-3-14-36)28-23-27(7-8-30(28)41(31)34)26-11-21-40(22-12-26)24-25-9-15-35(16-10-25)17-19-38-20-18-35/h4-8,23,25-26,38H,1-3,9-22,24H2. The van der Waals surface area contributed by atoms with Gasteiger partial charge in [-0.15, -0.1) is 0 Å². The Balaban J connectivity index is 1.02. The van der Waals surface area contributed by atoms with Crippen LogP contribution >= 0.6 is 15.9 Å². The second-order valence-corrected chi connectivity index (χ2v) is 15.3. The molecule has 3 aromatic rings. The number of rotatable bonds is 3. The molecule has 1 aromatic heterocycles. The molecule has 0 amide bonds. The SMILES string of the molecule is O=c1nc2n(c3cccc(Br)c13)-c1ccc(C3CCN(CC4CCC5(CCNCC5)CC4)CC3)cc1C21CCCCC1. The highest BCUT2D eigenvalue weighted by Gasteiger charge is 2.47. The summed E-state index contributed by atoms with van der Waals surface area (Å²) in [6, 6.07) is 13.4. The Labute approximate surface area is 258 Å². The Morgan fingerprint density at radius 1 is 0.905 bits per heavy atom. The van der Waals surface area contributed by atoms with Crippen molar-refractivity contribution in [2.75, 3.05) is 32.7 Å². The Bertz CT molecular complexity index is 1530. The molecule has 2 aromatic carbocycles. The van der Waals surface area contributed by atoms with Crippen LogP contribution in [0.15, 0.2) is 45.7 Å². The highest BCUT2D eigenvalue weighted by atomic mass is 79.9. The molecule has 2 saturated heterocycles. The molecule has 5 aliphatic rings. The number of halogens is 1. The molecule has 1 N–H and O–H groups in total. The summed E-state index contributed by atoms with van der Waals surface area (Å²) in [6.45, 7) is 6.24. The lowest BCUT2D eigenvalue weighted by Crippen LogP contribution is -2.42. The van der Waals surface area contributed by atoms with Crippen LogP contribution in [-0.2, 0) is 5.41 Å². The molecule has 0 radical (unpaired) electrons. The summed E-state index contributed by atoms with van der Waals surface area (Å²) in [4.78, 5) is 21.0. The molecule has 3 aliphatic heterocycles. The van der Waals surface area contributed by atoms with Gasteiger partial charge in [-0.05, 0) is 153 Å². The minimum absolute atomic E-state index is 0.0991. The summed E-state index contributed by atoms with van der Waals surface area (Å²) in [5.74, 6) is 2.51. The van der Waals surface area contributed by atoms with Gasteiger partial charge < -0.3 is 10.2 Å². The fraction of sp³-hybridized carbons (Fsp3) is 0.611. The van der Waals surface area contributed by atoms with E-state index in [1.165, 1.54) is 120 Å². The van der Waals surface area contributed by atoms with Crippen molar-refractivity contribution < 1.29 is 0 Å². The lowest BCUT2D eigenvalue weighted by atomic mass is 9.65. The fourth-order valence-electron chi connectivity index (χ4n) is 9.69. The van der Waals surface area contributed by atoms with Gasteiger partial charge in [-0.3, -0.25) is 9.36 Å². The van der Waals surface area contributed by atoms with Gasteiger partial charge >= 0.3 is 0 Å². The van der Waals surface area contributed by atoms with Crippen LogP contribution in [0.1, 0.15) is 106 Å². The van der Waals surface area contributed by atoms with E-state index in [1.54, 1.807) is 0 Å². The van der Waals surface area contributed by atoms with E-state index in [4.69, 9.17) is 4.98 Å². The number of fused-ring (bicyclic) bond motifs is 7. The number of nitrogens with zero attached hydrogens (tertiary/aromatic N) is 3. The normalized spacial score (nSPS) is 24.3. The van der Waals surface area contributed by atoms with Crippen LogP contribution in [0.3, 0.4) is 0 Å². The van der Waals surface area contributed by atoms with Crippen LogP contribution in [0.4, 0.5) is 0 Å². The van der Waals surface area contributed by atoms with Gasteiger partial charge in [0.15, 0.2) is 0 Å². The van der Waals surface area contributed by atoms with E-state index in [0.717, 1.165) is 34.6 Å². The molecule has 4 heterocycles. The second kappa shape index (κ2) is 10.9. The van der Waals surface area contributed by atoms with E-state index in [-0.39, 0.29) is 11.0 Å². The van der Waals surface area contributed by atoms with Crippen LogP contribution < -0.4 is 10.9 Å². The largest absolute Gasteiger partial charge is 0.317 e. The third kappa shape index (κ3) is 4.54. The van der Waals surface area contributed by atoms with Crippen molar-refractivity contribution in [3.8, 4) is 5.69 Å². The van der Waals surface area contributed by atoms with Crippen molar-refractivity contribution in [2.24, 2.45) is 11.3 Å². The zero-order chi connectivity index (χ0) is 28.3. The van der Waals surface area contributed by atoms with E-state index in [9.17, 15) is 4.79 Å². The maximum absolute atomic E-state index is 13.3. The predicted molar refractivity (Wildman–Crippen MR) is 174 cm³/mol. The first-order valence-electron chi connectivity index (χ1n) is 16.9. The average molecular weight is 630 g/mol. The van der Waals surface area contributed by atoms with Crippen molar-refractivity contribution in [3.05, 3.63) is 68.2 Å². The highest BCUT2D eigenvalue weighted by Crippen LogP contribution is 2.52. The summed E-state index contributed by atoms with van der Waals surface area (Å²) >= 11 is 3.64. The second-order valence-electron chi connectivity index (χ2n) is 14.4. The first kappa shape index (κ1) is 27.5. The molecule has 0 unspecified atom stereocenters. The van der Waals surface area contributed by atoms with E-state index in [1.807, 2.05) is 12.1 Å². The van der Waals surface area contributed by atoms with Crippen molar-refractivity contribution in [2.45, 2.75) is 94.8 Å². The van der Waals surface area contributed by atoms with Crippen molar-refractivity contribution >= 4 is 26.8 Å². The molecule has 4 fully saturated rings. The fourth-order valence-corrected chi connectivity index (χ4v) is 10.2. The number of aromatic nitrogens is 2. The number of hydrogen-bond acceptors (Lipinski definition) is 4. The van der Waals surface area contributed by atoms with E-state index in [0.29, 0.717) is 16.7 Å². The third-order valence-corrected chi connectivity index (χ3v) is 12.8. The molecule has 2 saturated carbocycles. The molecular formula is C36H45BrN4O. The molecule has 0 atom stereocenters. The van der Waals surface area contributed by atoms with Gasteiger partial charge in [0.25, 0.3) is 5.56 Å². The topological polar surface area (TPSA) is 50.2 Å². The Kier molecular flexibility index (Phi) is 7.11. The quantitative estimate of drug-likeness (QED) is 0.327. The maximum atomic E-state index is 13.3. The minimum atomic E-state index is -0.132. The monoisotopic (exact) mass is 628 g/mol. The van der Waals surface area contributed by atoms with Crippen LogP contribution in [0, 0.1) is 11.3 Å². The molecule has 222 valence electrons. The van der Waals surface area contributed by atoms with Gasteiger partial charge in [-0.25, -0.2) is 0 Å². The Morgan fingerprint density at radius 3 is 2.43 bits per heavy atom. The van der Waals surface area contributed by atoms with Gasteiger partial charge in [0.2, 0.25) is 0 Å². The molecule has 42 heavy (non-hydrogen) atoms. The predicted octanol–water partition coefficient (Wildman–Crippen LogP) is 7.45. The Hall–Kier alpha value is -2.02. The van der Waals surface area contributed by atoms with E-state index >= 15 is 0 Å². The molecule has 8 rings (SSSR count). The van der Waals surface area contributed by atoms with Crippen molar-refractivity contribution in [3.63, 3.8) is 0 Å². The summed E-state index contributed by atoms with van der Waals surface area (Å²) in [7, 11) is 0. The van der Waals surface area contributed by atoms with Crippen molar-refractivity contribution in [1.29, 1.82) is 0 Å². The van der Waals surface area contributed by atoms with Crippen LogP contribution in [0.5, 0.6) is 0 Å². The molecule has 5 nitrogen and oxygen atoms in total. The summed E-state index contributed by atoms with van der Waals surface area (Å²) < 4.78 is 3.16. The summed E-state index contributed by atoms with van der Waals surface area (Å²) in [6.07, 6.45) is 17.0. The Morgan fingerprint density at radius 2 is 1.67 bits per heavy atom. The number of piperidine rings is 2. The zero-order valence-corrected chi connectivity index (χ0v) is 26.6. The van der Waals surface area contributed by atoms with E-state index < -0.39 is 0 Å². The molecular weight excluding hydrogens is 584 g/mol. The van der Waals surface area contributed by atoms with Crippen LogP contribution in [0.25, 0.3) is 16.6 Å². The average Bonchev–Trinajstić information content (AvgIpc) is 3.28. The molecule has 0 bridgehead atoms. The van der Waals surface area contributed by atoms with E-state index in [2.05, 4.69) is 55.0 Å². The first-order chi connectivity index (χ1) is 20.6. The van der Waals surface area contributed by atoms with Gasteiger partial charge in [0.1, 0.15) is 5.82 Å². The number of benzene rings is 2. The summed E-state index contributed by atoms with van der Waals surface area (Å²) in [5.41, 5.74) is 5.60. The minimum Gasteiger partial charge on any atom is -0.317 e. The van der Waals surface area contributed by atoms with Crippen molar-refractivity contribution in [1.82, 2.24) is 19.8 Å². The number of likely N-dealkylation sites (tertiary alicyclic amines) is 1. The number of nitrogens with one attached hydrogen (secondary N) is 1. The molecule has 6 heteroatoms. The van der Waals surface area contributed by atoms with Crippen LogP contribution in [0.2, 0.25) is 0 Å². The zero-order valence-electron chi connectivity index (χ0n) is 25.0. The lowest BCUT2D eigenvalue weighted by molar-refractivity contribution is 0.0816. The summed E-state index contributed by atoms with van der Waals surface area (Å²) in [5, 5.41) is 4.27. The maximum Gasteiger partial charge on any atom is 0.281 e. The molecule has 2 spiro atoms. The van der Waals surface area contributed by atoms with Gasteiger partial charge in [-0.1, -0.05) is 37.5 Å². The smallest absolute Gasteiger partial charge is 0.281 e. The lowest BCUT2D eigenvalue weighted by Gasteiger charge is -2.44. The van der Waals surface area contributed by atoms with Crippen LogP contribution in [-0.4, -0.2) is 47.2 Å². The highest BCUT2D eigenvalue weighted by molar-refractivity contribution is 9.10. The molecule has 2 aliphatic carbocycles. The first-order valence-corrected chi connectivity index (χ1v) is 17.6. The van der Waals surface area contributed by atoms with Gasteiger partial charge in [-0.2, -0.15) is 4.98 Å². The van der Waals surface area contributed by atoms with Gasteiger partial charge in [0.05, 0.1) is 22.0 Å². The number of hydrogen-bond donors (Lipinski definition) is 1. The third-order valence-electron chi connectivity index (χ3n) is 12.2.